The Morgan fingerprint density at radius 1 is 0.871 bits per heavy atom. The van der Waals surface area contributed by atoms with Gasteiger partial charge in [0.1, 0.15) is 0 Å². The molecule has 1 unspecified atom stereocenters. The van der Waals surface area contributed by atoms with Crippen LogP contribution in [-0.2, 0) is 0 Å². The Labute approximate surface area is 209 Å². The molecule has 3 fully saturated rings. The fourth-order valence-corrected chi connectivity index (χ4v) is 5.72. The minimum Gasteiger partial charge on any atom is -0.356 e. The molecule has 2 saturated heterocycles. The average Bonchev–Trinajstić information content (AvgIpc) is 2.81. The minimum atomic E-state index is 0. The van der Waals surface area contributed by atoms with Gasteiger partial charge in [0.05, 0.1) is 0 Å². The zero-order valence-corrected chi connectivity index (χ0v) is 22.8. The molecule has 2 heterocycles. The summed E-state index contributed by atoms with van der Waals surface area (Å²) in [5.41, 5.74) is 0.348. The van der Waals surface area contributed by atoms with Crippen LogP contribution in [0.2, 0.25) is 0 Å². The van der Waals surface area contributed by atoms with E-state index >= 15 is 0 Å². The quantitative estimate of drug-likeness (QED) is 0.277. The topological polar surface area (TPSA) is 46.1 Å². The summed E-state index contributed by atoms with van der Waals surface area (Å²) >= 11 is 0. The van der Waals surface area contributed by atoms with E-state index in [0.717, 1.165) is 19.0 Å². The molecule has 3 rings (SSSR count). The third-order valence-electron chi connectivity index (χ3n) is 7.72. The zero-order chi connectivity index (χ0) is 21.2. The smallest absolute Gasteiger partial charge is 0.191 e. The number of nitrogens with one attached hydrogen (secondary N) is 2. The van der Waals surface area contributed by atoms with Crippen molar-refractivity contribution < 1.29 is 0 Å². The van der Waals surface area contributed by atoms with Gasteiger partial charge in [-0.1, -0.05) is 39.5 Å². The van der Waals surface area contributed by atoms with Crippen molar-refractivity contribution in [3.8, 4) is 0 Å². The van der Waals surface area contributed by atoms with Crippen molar-refractivity contribution >= 4 is 29.9 Å². The molecule has 2 aliphatic heterocycles. The fourth-order valence-electron chi connectivity index (χ4n) is 5.72. The van der Waals surface area contributed by atoms with E-state index in [0.29, 0.717) is 11.5 Å². The van der Waals surface area contributed by atoms with Gasteiger partial charge in [-0.05, 0) is 51.2 Å². The Balaban J connectivity index is 0.00000341. The first-order valence-electron chi connectivity index (χ1n) is 12.8. The normalized spacial score (nSPS) is 24.9. The summed E-state index contributed by atoms with van der Waals surface area (Å²) in [7, 11) is 1.92. The molecular weight excluding hydrogens is 499 g/mol. The van der Waals surface area contributed by atoms with E-state index in [2.05, 4.69) is 44.2 Å². The summed E-state index contributed by atoms with van der Waals surface area (Å²) in [6.07, 6.45) is 11.0. The molecule has 0 amide bonds. The molecule has 31 heavy (non-hydrogen) atoms. The van der Waals surface area contributed by atoms with Crippen molar-refractivity contribution in [2.75, 3.05) is 72.5 Å². The third kappa shape index (κ3) is 8.31. The fraction of sp³-hybridized carbons (Fsp3) is 0.958. The van der Waals surface area contributed by atoms with Crippen molar-refractivity contribution in [2.45, 2.75) is 70.8 Å². The molecule has 6 nitrogen and oxygen atoms in total. The van der Waals surface area contributed by atoms with Crippen molar-refractivity contribution in [1.29, 1.82) is 0 Å². The second-order valence-electron chi connectivity index (χ2n) is 9.98. The van der Waals surface area contributed by atoms with Crippen LogP contribution in [0.25, 0.3) is 0 Å². The molecule has 0 bridgehead atoms. The van der Waals surface area contributed by atoms with E-state index in [4.69, 9.17) is 0 Å². The largest absolute Gasteiger partial charge is 0.356 e. The number of hydrogen-bond donors (Lipinski definition) is 2. The van der Waals surface area contributed by atoms with Crippen molar-refractivity contribution in [3.05, 3.63) is 0 Å². The van der Waals surface area contributed by atoms with Gasteiger partial charge in [-0.25, -0.2) is 0 Å². The maximum atomic E-state index is 4.54. The summed E-state index contributed by atoms with van der Waals surface area (Å²) in [5.74, 6) is 1.61. The summed E-state index contributed by atoms with van der Waals surface area (Å²) in [5, 5.41) is 7.35. The van der Waals surface area contributed by atoms with E-state index in [1.54, 1.807) is 0 Å². The van der Waals surface area contributed by atoms with Crippen LogP contribution in [0.1, 0.15) is 65.2 Å². The van der Waals surface area contributed by atoms with E-state index in [9.17, 15) is 0 Å². The second kappa shape index (κ2) is 14.2. The van der Waals surface area contributed by atoms with Gasteiger partial charge >= 0.3 is 0 Å². The van der Waals surface area contributed by atoms with Gasteiger partial charge in [0.15, 0.2) is 5.96 Å². The van der Waals surface area contributed by atoms with Crippen LogP contribution < -0.4 is 10.6 Å². The Morgan fingerprint density at radius 2 is 1.48 bits per heavy atom. The van der Waals surface area contributed by atoms with Gasteiger partial charge in [0.25, 0.3) is 0 Å². The number of rotatable bonds is 8. The van der Waals surface area contributed by atoms with Crippen LogP contribution in [0.3, 0.4) is 0 Å². The van der Waals surface area contributed by atoms with E-state index in [1.165, 1.54) is 104 Å². The Hall–Kier alpha value is -0.120. The molecule has 1 saturated carbocycles. The van der Waals surface area contributed by atoms with Crippen LogP contribution >= 0.6 is 24.0 Å². The maximum Gasteiger partial charge on any atom is 0.191 e. The molecule has 7 heteroatoms. The summed E-state index contributed by atoms with van der Waals surface area (Å²) < 4.78 is 0. The highest BCUT2D eigenvalue weighted by molar-refractivity contribution is 14.0. The van der Waals surface area contributed by atoms with Crippen molar-refractivity contribution in [2.24, 2.45) is 10.9 Å². The van der Waals surface area contributed by atoms with Gasteiger partial charge in [-0.3, -0.25) is 9.89 Å². The van der Waals surface area contributed by atoms with Crippen LogP contribution in [0.5, 0.6) is 0 Å². The van der Waals surface area contributed by atoms with Gasteiger partial charge < -0.3 is 20.4 Å². The number of aliphatic imine (C=N–C) groups is 1. The van der Waals surface area contributed by atoms with Crippen LogP contribution in [-0.4, -0.2) is 98.7 Å². The molecule has 0 spiro atoms. The SMILES string of the molecule is CCN1CCN(CC(C)CNC(=NC)NCC2(N3CCCCC3)CCCCC2)CC1.I. The summed E-state index contributed by atoms with van der Waals surface area (Å²) in [6.45, 7) is 16.5. The number of halogens is 1. The molecule has 3 aliphatic rings. The Morgan fingerprint density at radius 3 is 2.10 bits per heavy atom. The van der Waals surface area contributed by atoms with Crippen LogP contribution in [0.4, 0.5) is 0 Å². The zero-order valence-electron chi connectivity index (χ0n) is 20.5. The average molecular weight is 549 g/mol. The molecule has 2 N–H and O–H groups in total. The van der Waals surface area contributed by atoms with Crippen molar-refractivity contribution in [3.63, 3.8) is 0 Å². The lowest BCUT2D eigenvalue weighted by molar-refractivity contribution is 0.0368. The highest BCUT2D eigenvalue weighted by Gasteiger charge is 2.38. The molecule has 0 aromatic rings. The molecule has 182 valence electrons. The van der Waals surface area contributed by atoms with E-state index in [1.807, 2.05) is 7.05 Å². The van der Waals surface area contributed by atoms with E-state index < -0.39 is 0 Å². The predicted molar refractivity (Wildman–Crippen MR) is 144 cm³/mol. The number of guanidine groups is 1. The van der Waals surface area contributed by atoms with Crippen LogP contribution in [0.15, 0.2) is 4.99 Å². The van der Waals surface area contributed by atoms with Crippen LogP contribution in [0, 0.1) is 5.92 Å². The Bertz CT molecular complexity index is 508. The number of piperidine rings is 1. The van der Waals surface area contributed by atoms with Crippen molar-refractivity contribution in [1.82, 2.24) is 25.3 Å². The van der Waals surface area contributed by atoms with Gasteiger partial charge in [0, 0.05) is 58.4 Å². The lowest BCUT2D eigenvalue weighted by Gasteiger charge is -2.48. The van der Waals surface area contributed by atoms with E-state index in [-0.39, 0.29) is 24.0 Å². The maximum absolute atomic E-state index is 4.54. The Kier molecular flexibility index (Phi) is 12.4. The molecule has 1 atom stereocenters. The lowest BCUT2D eigenvalue weighted by atomic mass is 9.79. The minimum absolute atomic E-state index is 0. The summed E-state index contributed by atoms with van der Waals surface area (Å²) in [6, 6.07) is 0. The number of likely N-dealkylation sites (tertiary alicyclic amines) is 1. The second-order valence-corrected chi connectivity index (χ2v) is 9.98. The third-order valence-corrected chi connectivity index (χ3v) is 7.72. The number of nitrogens with zero attached hydrogens (tertiary/aromatic N) is 4. The molecule has 1 aliphatic carbocycles. The monoisotopic (exact) mass is 548 g/mol. The predicted octanol–water partition coefficient (Wildman–Crippen LogP) is 3.23. The standard InChI is InChI=1S/C24H48N6.HI/c1-4-28-15-17-29(18-16-28)20-22(2)19-26-23(25-3)27-21-24(11-7-5-8-12-24)30-13-9-6-10-14-30;/h22H,4-21H2,1-3H3,(H2,25,26,27);1H. The number of likely N-dealkylation sites (N-methyl/N-ethyl adjacent to an activating group) is 1. The number of hydrogen-bond acceptors (Lipinski definition) is 4. The first-order valence-corrected chi connectivity index (χ1v) is 12.8. The first kappa shape index (κ1) is 27.1. The van der Waals surface area contributed by atoms with Gasteiger partial charge in [-0.2, -0.15) is 0 Å². The molecule has 0 aromatic carbocycles. The first-order chi connectivity index (χ1) is 14.6. The van der Waals surface area contributed by atoms with Gasteiger partial charge in [0.2, 0.25) is 0 Å². The number of piperazine rings is 1. The molecule has 0 radical (unpaired) electrons. The highest BCUT2D eigenvalue weighted by Crippen LogP contribution is 2.35. The highest BCUT2D eigenvalue weighted by atomic mass is 127. The summed E-state index contributed by atoms with van der Waals surface area (Å²) in [4.78, 5) is 12.5. The molecular formula is C24H49IN6. The lowest BCUT2D eigenvalue weighted by Crippen LogP contribution is -2.59. The van der Waals surface area contributed by atoms with Gasteiger partial charge in [-0.15, -0.1) is 24.0 Å². The molecule has 0 aromatic heterocycles.